The first-order valence-electron chi connectivity index (χ1n) is 3.27. The van der Waals surface area contributed by atoms with Crippen LogP contribution < -0.4 is 5.73 Å². The van der Waals surface area contributed by atoms with Crippen LogP contribution in [0.3, 0.4) is 0 Å². The van der Waals surface area contributed by atoms with E-state index in [0.717, 1.165) is 6.42 Å². The van der Waals surface area contributed by atoms with E-state index in [1.165, 1.54) is 5.57 Å². The zero-order chi connectivity index (χ0) is 7.40. The predicted octanol–water partition coefficient (Wildman–Crippen LogP) is 1.90. The molecule has 0 aromatic rings. The maximum absolute atomic E-state index is 5.39. The maximum atomic E-state index is 5.39. The quantitative estimate of drug-likeness (QED) is 0.581. The van der Waals surface area contributed by atoms with Gasteiger partial charge in [0.25, 0.3) is 0 Å². The molecule has 0 spiro atoms. The Kier molecular flexibility index (Phi) is 2.11. The molecule has 1 aliphatic carbocycles. The first-order valence-corrected chi connectivity index (χ1v) is 3.27. The second-order valence-corrected chi connectivity index (χ2v) is 2.29. The molecular weight excluding hydrogens is 122 g/mol. The molecule has 1 heteroatoms. The van der Waals surface area contributed by atoms with E-state index in [-0.39, 0.29) is 0 Å². The smallest absolute Gasteiger partial charge is 0.0243 e. The Hall–Kier alpha value is -1.24. The van der Waals surface area contributed by atoms with Crippen molar-refractivity contribution in [1.29, 1.82) is 0 Å². The number of hydrogen-bond donors (Lipinski definition) is 1. The molecule has 0 amide bonds. The topological polar surface area (TPSA) is 26.0 Å². The number of rotatable bonds is 1. The van der Waals surface area contributed by atoms with E-state index in [4.69, 9.17) is 5.73 Å². The van der Waals surface area contributed by atoms with Crippen molar-refractivity contribution < 1.29 is 0 Å². The molecule has 1 nitrogen and oxygen atoms in total. The Morgan fingerprint density at radius 3 is 2.90 bits per heavy atom. The van der Waals surface area contributed by atoms with Gasteiger partial charge in [0.2, 0.25) is 0 Å². The van der Waals surface area contributed by atoms with Gasteiger partial charge in [0, 0.05) is 5.70 Å². The van der Waals surface area contributed by atoms with Crippen LogP contribution in [0.15, 0.2) is 48.2 Å². The summed E-state index contributed by atoms with van der Waals surface area (Å²) in [6.07, 6.45) is 11.0. The third kappa shape index (κ3) is 1.94. The summed E-state index contributed by atoms with van der Waals surface area (Å²) in [5, 5.41) is 0. The summed E-state index contributed by atoms with van der Waals surface area (Å²) in [6, 6.07) is 0. The second-order valence-electron chi connectivity index (χ2n) is 2.29. The van der Waals surface area contributed by atoms with E-state index in [0.29, 0.717) is 5.70 Å². The Balaban J connectivity index is 2.67. The van der Waals surface area contributed by atoms with Gasteiger partial charge in [-0.3, -0.25) is 0 Å². The van der Waals surface area contributed by atoms with Crippen LogP contribution in [0.5, 0.6) is 0 Å². The van der Waals surface area contributed by atoms with E-state index in [9.17, 15) is 0 Å². The fraction of sp³-hybridized carbons (Fsp3) is 0.111. The molecule has 2 N–H and O–H groups in total. The van der Waals surface area contributed by atoms with Gasteiger partial charge in [-0.05, 0) is 18.1 Å². The van der Waals surface area contributed by atoms with E-state index in [1.54, 1.807) is 0 Å². The molecule has 1 rings (SSSR count). The molecule has 0 atom stereocenters. The molecule has 0 radical (unpaired) electrons. The van der Waals surface area contributed by atoms with E-state index in [2.05, 4.69) is 12.7 Å². The molecule has 0 saturated carbocycles. The van der Waals surface area contributed by atoms with Gasteiger partial charge in [-0.2, -0.15) is 0 Å². The van der Waals surface area contributed by atoms with Gasteiger partial charge >= 0.3 is 0 Å². The molecule has 0 saturated heterocycles. The molecule has 0 fully saturated rings. The molecule has 10 heavy (non-hydrogen) atoms. The second kappa shape index (κ2) is 3.06. The van der Waals surface area contributed by atoms with Crippen LogP contribution in [0, 0.1) is 0 Å². The fourth-order valence-electron chi connectivity index (χ4n) is 0.875. The van der Waals surface area contributed by atoms with Gasteiger partial charge in [0.05, 0.1) is 0 Å². The lowest BCUT2D eigenvalue weighted by molar-refractivity contribution is 1.24. The largest absolute Gasteiger partial charge is 0.399 e. The van der Waals surface area contributed by atoms with Crippen LogP contribution in [-0.4, -0.2) is 0 Å². The molecule has 0 unspecified atom stereocenters. The SMILES string of the molecule is C=C(N)/C=C1/C=CC=CC1. The molecule has 0 aliphatic heterocycles. The number of hydrogen-bond acceptors (Lipinski definition) is 1. The zero-order valence-corrected chi connectivity index (χ0v) is 5.88. The van der Waals surface area contributed by atoms with Gasteiger partial charge in [-0.25, -0.2) is 0 Å². The van der Waals surface area contributed by atoms with Crippen molar-refractivity contribution in [3.05, 3.63) is 48.2 Å². The minimum absolute atomic E-state index is 0.620. The molecule has 0 heterocycles. The Labute approximate surface area is 61.2 Å². The van der Waals surface area contributed by atoms with E-state index < -0.39 is 0 Å². The maximum Gasteiger partial charge on any atom is 0.0243 e. The monoisotopic (exact) mass is 133 g/mol. The third-order valence-corrected chi connectivity index (χ3v) is 1.28. The summed E-state index contributed by atoms with van der Waals surface area (Å²) in [5.41, 5.74) is 7.23. The molecule has 0 bridgehead atoms. The molecule has 0 aromatic heterocycles. The number of allylic oxidation sites excluding steroid dienone is 6. The van der Waals surface area contributed by atoms with Crippen molar-refractivity contribution in [2.24, 2.45) is 5.73 Å². The van der Waals surface area contributed by atoms with Gasteiger partial charge in [0.15, 0.2) is 0 Å². The highest BCUT2D eigenvalue weighted by Crippen LogP contribution is 2.10. The van der Waals surface area contributed by atoms with Crippen LogP contribution in [0.25, 0.3) is 0 Å². The van der Waals surface area contributed by atoms with Crippen LogP contribution >= 0.6 is 0 Å². The van der Waals surface area contributed by atoms with E-state index in [1.807, 2.05) is 24.3 Å². The lowest BCUT2D eigenvalue weighted by atomic mass is 10.1. The van der Waals surface area contributed by atoms with Gasteiger partial charge < -0.3 is 5.73 Å². The normalized spacial score (nSPS) is 19.8. The van der Waals surface area contributed by atoms with Gasteiger partial charge in [-0.1, -0.05) is 30.9 Å². The van der Waals surface area contributed by atoms with E-state index >= 15 is 0 Å². The number of nitrogens with two attached hydrogens (primary N) is 1. The molecule has 1 aliphatic rings. The lowest BCUT2D eigenvalue weighted by Gasteiger charge is -2.00. The average Bonchev–Trinajstić information content (AvgIpc) is 1.88. The van der Waals surface area contributed by atoms with Crippen LogP contribution in [0.4, 0.5) is 0 Å². The minimum atomic E-state index is 0.620. The Morgan fingerprint density at radius 2 is 2.40 bits per heavy atom. The summed E-state index contributed by atoms with van der Waals surface area (Å²) in [4.78, 5) is 0. The molecular formula is C9H11N. The average molecular weight is 133 g/mol. The van der Waals surface area contributed by atoms with Crippen LogP contribution in [0.1, 0.15) is 6.42 Å². The van der Waals surface area contributed by atoms with Gasteiger partial charge in [0.1, 0.15) is 0 Å². The lowest BCUT2D eigenvalue weighted by Crippen LogP contribution is -1.91. The Bertz CT molecular complexity index is 219. The third-order valence-electron chi connectivity index (χ3n) is 1.28. The summed E-state index contributed by atoms with van der Waals surface area (Å²) < 4.78 is 0. The van der Waals surface area contributed by atoms with Crippen molar-refractivity contribution in [2.75, 3.05) is 0 Å². The highest BCUT2D eigenvalue weighted by atomic mass is 14.5. The van der Waals surface area contributed by atoms with Gasteiger partial charge in [-0.15, -0.1) is 0 Å². The standard InChI is InChI=1S/C9H11N/c1-8(10)7-9-5-3-2-4-6-9/h2-5,7H,1,6,10H2/b9-7-. The van der Waals surface area contributed by atoms with Crippen molar-refractivity contribution in [2.45, 2.75) is 6.42 Å². The summed E-state index contributed by atoms with van der Waals surface area (Å²) in [5.74, 6) is 0. The zero-order valence-electron chi connectivity index (χ0n) is 5.88. The van der Waals surface area contributed by atoms with Crippen molar-refractivity contribution >= 4 is 0 Å². The van der Waals surface area contributed by atoms with Crippen molar-refractivity contribution in [3.8, 4) is 0 Å². The van der Waals surface area contributed by atoms with Crippen LogP contribution in [-0.2, 0) is 0 Å². The van der Waals surface area contributed by atoms with Crippen molar-refractivity contribution in [1.82, 2.24) is 0 Å². The minimum Gasteiger partial charge on any atom is -0.399 e. The van der Waals surface area contributed by atoms with Crippen molar-refractivity contribution in [3.63, 3.8) is 0 Å². The summed E-state index contributed by atoms with van der Waals surface area (Å²) in [6.45, 7) is 3.59. The Morgan fingerprint density at radius 1 is 1.60 bits per heavy atom. The summed E-state index contributed by atoms with van der Waals surface area (Å²) >= 11 is 0. The predicted molar refractivity (Wildman–Crippen MR) is 44.3 cm³/mol. The van der Waals surface area contributed by atoms with Crippen LogP contribution in [0.2, 0.25) is 0 Å². The molecule has 52 valence electrons. The first-order chi connectivity index (χ1) is 4.79. The highest BCUT2D eigenvalue weighted by molar-refractivity contribution is 5.33. The summed E-state index contributed by atoms with van der Waals surface area (Å²) in [7, 11) is 0. The molecule has 0 aromatic carbocycles. The first kappa shape index (κ1) is 6.87. The highest BCUT2D eigenvalue weighted by Gasteiger charge is 1.91. The fourth-order valence-corrected chi connectivity index (χ4v) is 0.875.